The highest BCUT2D eigenvalue weighted by Gasteiger charge is 2.16. The van der Waals surface area contributed by atoms with E-state index in [0.717, 1.165) is 21.5 Å². The van der Waals surface area contributed by atoms with Crippen LogP contribution in [0.1, 0.15) is 10.4 Å². The molecule has 0 atom stereocenters. The van der Waals surface area contributed by atoms with E-state index in [9.17, 15) is 9.59 Å². The van der Waals surface area contributed by atoms with Crippen LogP contribution in [0.5, 0.6) is 5.75 Å². The summed E-state index contributed by atoms with van der Waals surface area (Å²) < 4.78 is 11.2. The summed E-state index contributed by atoms with van der Waals surface area (Å²) in [7, 11) is 1.60. The van der Waals surface area contributed by atoms with Crippen LogP contribution in [0.2, 0.25) is 0 Å². The van der Waals surface area contributed by atoms with Gasteiger partial charge in [0.25, 0.3) is 5.91 Å². The second-order valence-electron chi connectivity index (χ2n) is 5.85. The summed E-state index contributed by atoms with van der Waals surface area (Å²) in [5.74, 6) is 0.188. The summed E-state index contributed by atoms with van der Waals surface area (Å²) >= 11 is 4.64. The molecule has 0 aliphatic rings. The van der Waals surface area contributed by atoms with Crippen molar-refractivity contribution in [2.45, 2.75) is 0 Å². The number of amides is 1. The van der Waals surface area contributed by atoms with Gasteiger partial charge in [0.1, 0.15) is 16.9 Å². The van der Waals surface area contributed by atoms with Crippen LogP contribution >= 0.6 is 27.3 Å². The molecule has 0 saturated heterocycles. The second kappa shape index (κ2) is 7.57. The molecule has 0 spiro atoms. The molecule has 0 bridgehead atoms. The lowest BCUT2D eigenvalue weighted by molar-refractivity contribution is 0.102. The number of nitrogens with one attached hydrogen (secondary N) is 1. The minimum atomic E-state index is -0.695. The van der Waals surface area contributed by atoms with Crippen molar-refractivity contribution >= 4 is 49.3 Å². The van der Waals surface area contributed by atoms with Crippen LogP contribution in [0.25, 0.3) is 22.2 Å². The number of fused-ring (bicyclic) bond motifs is 1. The van der Waals surface area contributed by atoms with Crippen molar-refractivity contribution < 1.29 is 13.9 Å². The number of anilines is 1. The molecule has 0 aliphatic carbocycles. The van der Waals surface area contributed by atoms with Crippen LogP contribution in [0.15, 0.2) is 67.6 Å². The van der Waals surface area contributed by atoms with Crippen LogP contribution < -0.4 is 15.7 Å². The molecule has 2 aromatic carbocycles. The SMILES string of the molecule is COc1ccc(-c2csc(NC(=O)c3cc4cc(Br)ccc4oc3=O)n2)cc1. The van der Waals surface area contributed by atoms with Crippen molar-refractivity contribution in [3.8, 4) is 17.0 Å². The quantitative estimate of drug-likeness (QED) is 0.439. The molecule has 140 valence electrons. The van der Waals surface area contributed by atoms with Gasteiger partial charge in [-0.2, -0.15) is 0 Å². The number of nitrogens with zero attached hydrogens (tertiary/aromatic N) is 1. The topological polar surface area (TPSA) is 81.4 Å². The fourth-order valence-corrected chi connectivity index (χ4v) is 3.74. The van der Waals surface area contributed by atoms with Gasteiger partial charge in [0, 0.05) is 20.8 Å². The molecule has 1 N–H and O–H groups in total. The maximum absolute atomic E-state index is 12.6. The summed E-state index contributed by atoms with van der Waals surface area (Å²) in [5.41, 5.74) is 1.26. The molecular weight excluding hydrogens is 444 g/mol. The fraction of sp³-hybridized carbons (Fsp3) is 0.0500. The number of aromatic nitrogens is 1. The number of thiazole rings is 1. The number of methoxy groups -OCH3 is 1. The van der Waals surface area contributed by atoms with E-state index < -0.39 is 11.5 Å². The van der Waals surface area contributed by atoms with Gasteiger partial charge >= 0.3 is 5.63 Å². The van der Waals surface area contributed by atoms with Crippen LogP contribution in [-0.2, 0) is 0 Å². The molecule has 2 aromatic heterocycles. The monoisotopic (exact) mass is 456 g/mol. The van der Waals surface area contributed by atoms with E-state index in [2.05, 4.69) is 26.2 Å². The van der Waals surface area contributed by atoms with Crippen LogP contribution in [0, 0.1) is 0 Å². The maximum Gasteiger partial charge on any atom is 0.349 e. The minimum absolute atomic E-state index is 0.0770. The molecule has 0 aliphatic heterocycles. The first-order chi connectivity index (χ1) is 13.5. The normalized spacial score (nSPS) is 10.8. The van der Waals surface area contributed by atoms with Gasteiger partial charge in [-0.25, -0.2) is 9.78 Å². The summed E-state index contributed by atoms with van der Waals surface area (Å²) in [4.78, 5) is 29.1. The van der Waals surface area contributed by atoms with E-state index in [1.165, 1.54) is 17.4 Å². The molecule has 0 radical (unpaired) electrons. The average Bonchev–Trinajstić information content (AvgIpc) is 3.16. The number of halogens is 1. The highest BCUT2D eigenvalue weighted by Crippen LogP contribution is 2.27. The zero-order valence-corrected chi connectivity index (χ0v) is 17.0. The average molecular weight is 457 g/mol. The van der Waals surface area contributed by atoms with E-state index >= 15 is 0 Å². The van der Waals surface area contributed by atoms with Gasteiger partial charge in [-0.3, -0.25) is 10.1 Å². The van der Waals surface area contributed by atoms with E-state index in [0.29, 0.717) is 16.1 Å². The van der Waals surface area contributed by atoms with E-state index in [4.69, 9.17) is 9.15 Å². The number of rotatable bonds is 4. The largest absolute Gasteiger partial charge is 0.497 e. The van der Waals surface area contributed by atoms with Crippen molar-refractivity contribution in [2.24, 2.45) is 0 Å². The van der Waals surface area contributed by atoms with Gasteiger partial charge in [-0.05, 0) is 48.5 Å². The Morgan fingerprint density at radius 1 is 1.18 bits per heavy atom. The highest BCUT2D eigenvalue weighted by molar-refractivity contribution is 9.10. The Kier molecular flexibility index (Phi) is 4.97. The Balaban J connectivity index is 1.58. The summed E-state index contributed by atoms with van der Waals surface area (Å²) in [6.07, 6.45) is 0. The lowest BCUT2D eigenvalue weighted by Gasteiger charge is -2.03. The molecule has 0 saturated carbocycles. The predicted octanol–water partition coefficient (Wildman–Crippen LogP) is 4.94. The van der Waals surface area contributed by atoms with Crippen molar-refractivity contribution in [3.05, 3.63) is 74.4 Å². The first-order valence-electron chi connectivity index (χ1n) is 8.18. The lowest BCUT2D eigenvalue weighted by atomic mass is 10.2. The molecule has 8 heteroatoms. The molecule has 6 nitrogen and oxygen atoms in total. The predicted molar refractivity (Wildman–Crippen MR) is 112 cm³/mol. The molecule has 1 amide bonds. The van der Waals surface area contributed by atoms with Gasteiger partial charge in [0.15, 0.2) is 5.13 Å². The molecule has 4 aromatic rings. The summed E-state index contributed by atoms with van der Waals surface area (Å²) in [5, 5.41) is 5.54. The molecule has 4 rings (SSSR count). The number of hydrogen-bond acceptors (Lipinski definition) is 6. The highest BCUT2D eigenvalue weighted by atomic mass is 79.9. The van der Waals surface area contributed by atoms with Gasteiger partial charge in [0.05, 0.1) is 12.8 Å². The first kappa shape index (κ1) is 18.4. The molecule has 0 fully saturated rings. The number of ether oxygens (including phenoxy) is 1. The van der Waals surface area contributed by atoms with E-state index in [1.807, 2.05) is 29.6 Å². The van der Waals surface area contributed by atoms with Crippen molar-refractivity contribution in [1.82, 2.24) is 4.98 Å². The zero-order chi connectivity index (χ0) is 19.7. The molecule has 28 heavy (non-hydrogen) atoms. The number of carbonyl (C=O) groups is 1. The third-order valence-electron chi connectivity index (χ3n) is 4.05. The Morgan fingerprint density at radius 2 is 1.96 bits per heavy atom. The van der Waals surface area contributed by atoms with E-state index in [-0.39, 0.29) is 5.56 Å². The van der Waals surface area contributed by atoms with Crippen molar-refractivity contribution in [1.29, 1.82) is 0 Å². The molecular formula is C20H13BrN2O4S. The zero-order valence-electron chi connectivity index (χ0n) is 14.6. The van der Waals surface area contributed by atoms with Gasteiger partial charge in [-0.15, -0.1) is 11.3 Å². The van der Waals surface area contributed by atoms with Crippen molar-refractivity contribution in [2.75, 3.05) is 12.4 Å². The van der Waals surface area contributed by atoms with Gasteiger partial charge in [-0.1, -0.05) is 15.9 Å². The van der Waals surface area contributed by atoms with Gasteiger partial charge in [0.2, 0.25) is 0 Å². The van der Waals surface area contributed by atoms with Crippen LogP contribution in [-0.4, -0.2) is 18.0 Å². The minimum Gasteiger partial charge on any atom is -0.497 e. The fourth-order valence-electron chi connectivity index (χ4n) is 2.64. The standard InChI is InChI=1S/C20H13BrN2O4S/c1-26-14-5-2-11(3-6-14)16-10-28-20(22-16)23-18(24)15-9-12-8-13(21)4-7-17(12)27-19(15)25/h2-10H,1H3,(H,22,23,24). The van der Waals surface area contributed by atoms with Crippen LogP contribution in [0.4, 0.5) is 5.13 Å². The van der Waals surface area contributed by atoms with Crippen molar-refractivity contribution in [3.63, 3.8) is 0 Å². The van der Waals surface area contributed by atoms with Gasteiger partial charge < -0.3 is 9.15 Å². The Morgan fingerprint density at radius 3 is 2.71 bits per heavy atom. The lowest BCUT2D eigenvalue weighted by Crippen LogP contribution is -2.20. The van der Waals surface area contributed by atoms with E-state index in [1.54, 1.807) is 25.3 Å². The summed E-state index contributed by atoms with van der Waals surface area (Å²) in [6, 6.07) is 14.2. The number of hydrogen-bond donors (Lipinski definition) is 1. The Bertz CT molecular complexity index is 1230. The third kappa shape index (κ3) is 3.69. The first-order valence-corrected chi connectivity index (χ1v) is 9.85. The maximum atomic E-state index is 12.6. The number of carbonyl (C=O) groups excluding carboxylic acids is 1. The Labute approximate surface area is 171 Å². The number of benzene rings is 2. The molecule has 2 heterocycles. The smallest absolute Gasteiger partial charge is 0.349 e. The van der Waals surface area contributed by atoms with Crippen LogP contribution in [0.3, 0.4) is 0 Å². The second-order valence-corrected chi connectivity index (χ2v) is 7.62. The molecule has 0 unspecified atom stereocenters. The Hall–Kier alpha value is -2.97. The summed E-state index contributed by atoms with van der Waals surface area (Å²) in [6.45, 7) is 0. The third-order valence-corrected chi connectivity index (χ3v) is 5.30.